The maximum atomic E-state index is 11.9. The summed E-state index contributed by atoms with van der Waals surface area (Å²) in [6, 6.07) is 3.70. The van der Waals surface area contributed by atoms with Gasteiger partial charge in [-0.3, -0.25) is 14.9 Å². The van der Waals surface area contributed by atoms with E-state index in [0.717, 1.165) is 67.3 Å². The van der Waals surface area contributed by atoms with Crippen LogP contribution < -0.4 is 19.5 Å². The molecule has 190 valence electrons. The summed E-state index contributed by atoms with van der Waals surface area (Å²) >= 11 is 8.05. The van der Waals surface area contributed by atoms with Gasteiger partial charge in [0.25, 0.3) is 11.1 Å². The Morgan fingerprint density at radius 3 is 2.42 bits per heavy atom. The van der Waals surface area contributed by atoms with Crippen LogP contribution in [-0.2, 0) is 11.2 Å². The van der Waals surface area contributed by atoms with E-state index in [1.54, 1.807) is 12.2 Å². The third kappa shape index (κ3) is 5.38. The molecule has 0 aliphatic carbocycles. The highest BCUT2D eigenvalue weighted by Crippen LogP contribution is 2.44. The molecular formula is C27H27Br2NO5S. The maximum absolute atomic E-state index is 11.9. The first-order valence-electron chi connectivity index (χ1n) is 11.4. The normalized spacial score (nSPS) is 20.1. The highest BCUT2D eigenvalue weighted by Gasteiger charge is 2.36. The van der Waals surface area contributed by atoms with E-state index in [0.29, 0.717) is 23.9 Å². The van der Waals surface area contributed by atoms with E-state index in [9.17, 15) is 9.59 Å². The molecule has 1 N–H and O–H groups in total. The molecular weight excluding hydrogens is 610 g/mol. The predicted molar refractivity (Wildman–Crippen MR) is 150 cm³/mol. The average molecular weight is 637 g/mol. The van der Waals surface area contributed by atoms with Gasteiger partial charge in [-0.15, -0.1) is 0 Å². The zero-order valence-electron chi connectivity index (χ0n) is 20.6. The van der Waals surface area contributed by atoms with Crippen molar-refractivity contribution in [2.24, 2.45) is 0 Å². The van der Waals surface area contributed by atoms with Gasteiger partial charge in [-0.1, -0.05) is 12.7 Å². The Morgan fingerprint density at radius 2 is 1.81 bits per heavy atom. The minimum absolute atomic E-state index is 0.350. The molecule has 1 fully saturated rings. The molecule has 2 aliphatic rings. The molecule has 0 bridgehead atoms. The lowest BCUT2D eigenvalue weighted by molar-refractivity contribution is -0.115. The van der Waals surface area contributed by atoms with E-state index < -0.39 is 5.60 Å². The largest absolute Gasteiger partial charge is 0.489 e. The number of imide groups is 1. The zero-order valence-corrected chi connectivity index (χ0v) is 24.5. The van der Waals surface area contributed by atoms with Gasteiger partial charge in [-0.2, -0.15) is 0 Å². The fourth-order valence-electron chi connectivity index (χ4n) is 4.34. The number of thioether (sulfide) groups is 1. The predicted octanol–water partition coefficient (Wildman–Crippen LogP) is 7.19. The van der Waals surface area contributed by atoms with Gasteiger partial charge >= 0.3 is 0 Å². The minimum atomic E-state index is -0.515. The Hall–Kier alpha value is -2.23. The van der Waals surface area contributed by atoms with E-state index in [1.807, 2.05) is 12.1 Å². The van der Waals surface area contributed by atoms with Crippen LogP contribution in [0.25, 0.3) is 6.08 Å². The number of hydrogen-bond donors (Lipinski definition) is 1. The number of ether oxygens (including phenoxy) is 3. The van der Waals surface area contributed by atoms with Crippen molar-refractivity contribution < 1.29 is 23.8 Å². The number of rotatable bonds is 7. The molecule has 2 aromatic rings. The van der Waals surface area contributed by atoms with E-state index in [4.69, 9.17) is 14.2 Å². The molecule has 2 aliphatic heterocycles. The van der Waals surface area contributed by atoms with Crippen molar-refractivity contribution in [1.82, 2.24) is 5.32 Å². The molecule has 9 heteroatoms. The molecule has 0 saturated carbocycles. The second kappa shape index (κ2) is 10.6. The van der Waals surface area contributed by atoms with Gasteiger partial charge in [0, 0.05) is 5.56 Å². The SMILES string of the molecule is C=CCOc1c(C)c(C)c2c(c1C)CCC(C)(COc1c(Br)cc(/C=C3\SC(=O)NC3=O)cc1Br)O2. The Kier molecular flexibility index (Phi) is 7.92. The van der Waals surface area contributed by atoms with Gasteiger partial charge in [-0.25, -0.2) is 0 Å². The molecule has 6 nitrogen and oxygen atoms in total. The number of hydrogen-bond acceptors (Lipinski definition) is 6. The van der Waals surface area contributed by atoms with Crippen molar-refractivity contribution in [2.45, 2.75) is 46.1 Å². The number of benzene rings is 2. The fourth-order valence-corrected chi connectivity index (χ4v) is 6.47. The first-order valence-corrected chi connectivity index (χ1v) is 13.9. The zero-order chi connectivity index (χ0) is 26.2. The van der Waals surface area contributed by atoms with Crippen LogP contribution in [0.4, 0.5) is 4.79 Å². The quantitative estimate of drug-likeness (QED) is 0.256. The summed E-state index contributed by atoms with van der Waals surface area (Å²) in [5.74, 6) is 2.08. The summed E-state index contributed by atoms with van der Waals surface area (Å²) in [5, 5.41) is 1.89. The number of carbonyl (C=O) groups excluding carboxylic acids is 2. The van der Waals surface area contributed by atoms with Crippen LogP contribution >= 0.6 is 43.6 Å². The minimum Gasteiger partial charge on any atom is -0.489 e. The van der Waals surface area contributed by atoms with Crippen LogP contribution in [-0.4, -0.2) is 30.0 Å². The summed E-state index contributed by atoms with van der Waals surface area (Å²) in [4.78, 5) is 23.6. The van der Waals surface area contributed by atoms with Gasteiger partial charge < -0.3 is 14.2 Å². The first kappa shape index (κ1) is 26.8. The van der Waals surface area contributed by atoms with Crippen LogP contribution in [0.5, 0.6) is 17.2 Å². The Bertz CT molecular complexity index is 1280. The summed E-state index contributed by atoms with van der Waals surface area (Å²) in [7, 11) is 0. The maximum Gasteiger partial charge on any atom is 0.290 e. The number of nitrogens with one attached hydrogen (secondary N) is 1. The summed E-state index contributed by atoms with van der Waals surface area (Å²) in [5.41, 5.74) is 4.69. The van der Waals surface area contributed by atoms with Gasteiger partial charge in [-0.05, 0) is 125 Å². The number of halogens is 2. The lowest BCUT2D eigenvalue weighted by Gasteiger charge is -2.38. The van der Waals surface area contributed by atoms with Crippen LogP contribution in [0.1, 0.15) is 41.2 Å². The summed E-state index contributed by atoms with van der Waals surface area (Å²) < 4.78 is 20.2. The highest BCUT2D eigenvalue weighted by molar-refractivity contribution is 9.11. The van der Waals surface area contributed by atoms with Gasteiger partial charge in [0.05, 0.1) is 13.9 Å². The molecule has 2 amide bonds. The smallest absolute Gasteiger partial charge is 0.290 e. The third-order valence-corrected chi connectivity index (χ3v) is 8.38. The molecule has 1 unspecified atom stereocenters. The Balaban J connectivity index is 1.53. The second-order valence-electron chi connectivity index (χ2n) is 9.12. The fraction of sp³-hybridized carbons (Fsp3) is 0.333. The topological polar surface area (TPSA) is 73.9 Å². The van der Waals surface area contributed by atoms with Crippen molar-refractivity contribution in [3.05, 3.63) is 66.5 Å². The monoisotopic (exact) mass is 635 g/mol. The van der Waals surface area contributed by atoms with Crippen molar-refractivity contribution in [3.63, 3.8) is 0 Å². The van der Waals surface area contributed by atoms with Crippen molar-refractivity contribution in [1.29, 1.82) is 0 Å². The van der Waals surface area contributed by atoms with E-state index in [1.165, 1.54) is 5.56 Å². The van der Waals surface area contributed by atoms with Crippen LogP contribution in [0.2, 0.25) is 0 Å². The van der Waals surface area contributed by atoms with Crippen LogP contribution in [0.15, 0.2) is 38.6 Å². The number of fused-ring (bicyclic) bond motifs is 1. The van der Waals surface area contributed by atoms with Crippen LogP contribution in [0.3, 0.4) is 0 Å². The van der Waals surface area contributed by atoms with Gasteiger partial charge in [0.2, 0.25) is 0 Å². The van der Waals surface area contributed by atoms with Crippen LogP contribution in [0, 0.1) is 20.8 Å². The van der Waals surface area contributed by atoms with Crippen molar-refractivity contribution in [3.8, 4) is 17.2 Å². The molecule has 36 heavy (non-hydrogen) atoms. The number of carbonyl (C=O) groups is 2. The average Bonchev–Trinajstić information content (AvgIpc) is 3.13. The summed E-state index contributed by atoms with van der Waals surface area (Å²) in [6.45, 7) is 12.8. The highest BCUT2D eigenvalue weighted by atomic mass is 79.9. The summed E-state index contributed by atoms with van der Waals surface area (Å²) in [6.07, 6.45) is 5.08. The van der Waals surface area contributed by atoms with Crippen molar-refractivity contribution in [2.75, 3.05) is 13.2 Å². The van der Waals surface area contributed by atoms with E-state index >= 15 is 0 Å². The van der Waals surface area contributed by atoms with Crippen molar-refractivity contribution >= 4 is 60.8 Å². The lowest BCUT2D eigenvalue weighted by atomic mass is 9.87. The molecule has 4 rings (SSSR count). The molecule has 0 radical (unpaired) electrons. The molecule has 2 heterocycles. The molecule has 1 atom stereocenters. The van der Waals surface area contributed by atoms with E-state index in [2.05, 4.69) is 71.5 Å². The third-order valence-electron chi connectivity index (χ3n) is 6.39. The molecule has 2 aromatic carbocycles. The Labute approximate surface area is 232 Å². The van der Waals surface area contributed by atoms with Gasteiger partial charge in [0.15, 0.2) is 0 Å². The standard InChI is InChI=1S/C27H27Br2NO5S/c1-6-9-33-22-14(2)15(3)23-18(16(22)4)7-8-27(5,35-23)13-34-24-19(28)10-17(11-20(24)29)12-21-25(31)30-26(32)36-21/h6,10-12H,1,7-9,13H2,2-5H3,(H,30,31,32)/b21-12-. The molecule has 1 saturated heterocycles. The lowest BCUT2D eigenvalue weighted by Crippen LogP contribution is -2.42. The molecule has 0 spiro atoms. The van der Waals surface area contributed by atoms with E-state index in [-0.39, 0.29) is 11.1 Å². The van der Waals surface area contributed by atoms with Gasteiger partial charge in [0.1, 0.15) is 36.1 Å². The first-order chi connectivity index (χ1) is 17.0. The number of amides is 2. The second-order valence-corrected chi connectivity index (χ2v) is 11.8. The molecule has 0 aromatic heterocycles. The Morgan fingerprint density at radius 1 is 1.11 bits per heavy atom.